The number of rotatable bonds is 7. The highest BCUT2D eigenvalue weighted by molar-refractivity contribution is 14.0. The van der Waals surface area contributed by atoms with Gasteiger partial charge >= 0.3 is 0 Å². The first-order chi connectivity index (χ1) is 13.2. The van der Waals surface area contributed by atoms with E-state index in [2.05, 4.69) is 37.3 Å². The van der Waals surface area contributed by atoms with Crippen LogP contribution in [0.2, 0.25) is 0 Å². The molecule has 0 saturated carbocycles. The number of benzene rings is 2. The Bertz CT molecular complexity index is 862. The van der Waals surface area contributed by atoms with Crippen LogP contribution in [0.15, 0.2) is 72.0 Å². The van der Waals surface area contributed by atoms with E-state index in [9.17, 15) is 4.39 Å². The molecule has 1 heterocycles. The molecule has 5 nitrogen and oxygen atoms in total. The molecule has 7 heteroatoms. The Labute approximate surface area is 182 Å². The van der Waals surface area contributed by atoms with Crippen molar-refractivity contribution in [1.29, 1.82) is 0 Å². The Morgan fingerprint density at radius 3 is 2.50 bits per heavy atom. The summed E-state index contributed by atoms with van der Waals surface area (Å²) in [7, 11) is 0. The summed E-state index contributed by atoms with van der Waals surface area (Å²) < 4.78 is 15.1. The Morgan fingerprint density at radius 2 is 1.79 bits per heavy atom. The summed E-state index contributed by atoms with van der Waals surface area (Å²) in [5.74, 6) is 1.40. The van der Waals surface area contributed by atoms with Crippen molar-refractivity contribution in [1.82, 2.24) is 20.2 Å². The zero-order chi connectivity index (χ0) is 18.9. The molecule has 0 spiro atoms. The lowest BCUT2D eigenvalue weighted by atomic mass is 10.2. The molecule has 0 atom stereocenters. The van der Waals surface area contributed by atoms with E-state index in [1.165, 1.54) is 17.7 Å². The predicted octanol–water partition coefficient (Wildman–Crippen LogP) is 3.94. The molecule has 0 amide bonds. The van der Waals surface area contributed by atoms with Gasteiger partial charge in [0, 0.05) is 25.5 Å². The van der Waals surface area contributed by atoms with E-state index in [4.69, 9.17) is 0 Å². The summed E-state index contributed by atoms with van der Waals surface area (Å²) >= 11 is 0. The summed E-state index contributed by atoms with van der Waals surface area (Å²) in [5.41, 5.74) is 2.19. The predicted molar refractivity (Wildman–Crippen MR) is 121 cm³/mol. The number of hydrogen-bond acceptors (Lipinski definition) is 2. The fourth-order valence-electron chi connectivity index (χ4n) is 2.70. The van der Waals surface area contributed by atoms with Crippen LogP contribution in [0.4, 0.5) is 4.39 Å². The van der Waals surface area contributed by atoms with E-state index < -0.39 is 0 Å². The van der Waals surface area contributed by atoms with Gasteiger partial charge in [0.25, 0.3) is 0 Å². The molecule has 148 valence electrons. The molecule has 2 aromatic carbocycles. The van der Waals surface area contributed by atoms with Crippen LogP contribution in [0.25, 0.3) is 0 Å². The van der Waals surface area contributed by atoms with Gasteiger partial charge in [-0.1, -0.05) is 42.5 Å². The number of hydrogen-bond donors (Lipinski definition) is 2. The molecular formula is C21H25FIN5. The van der Waals surface area contributed by atoms with Crippen molar-refractivity contribution in [2.24, 2.45) is 4.99 Å². The smallest absolute Gasteiger partial charge is 0.191 e. The Morgan fingerprint density at radius 1 is 1.04 bits per heavy atom. The first kappa shape index (κ1) is 21.9. The van der Waals surface area contributed by atoms with E-state index in [1.54, 1.807) is 12.1 Å². The summed E-state index contributed by atoms with van der Waals surface area (Å²) in [6.45, 7) is 4.60. The van der Waals surface area contributed by atoms with Crippen LogP contribution >= 0.6 is 24.0 Å². The number of aliphatic imine (C=N–C) groups is 1. The van der Waals surface area contributed by atoms with Crippen LogP contribution < -0.4 is 10.6 Å². The lowest BCUT2D eigenvalue weighted by Gasteiger charge is -2.13. The van der Waals surface area contributed by atoms with Gasteiger partial charge in [0.2, 0.25) is 0 Å². The number of halogens is 2. The Hall–Kier alpha value is -2.42. The second-order valence-electron chi connectivity index (χ2n) is 6.13. The molecule has 3 aromatic rings. The lowest BCUT2D eigenvalue weighted by molar-refractivity contribution is 0.627. The highest BCUT2D eigenvalue weighted by Gasteiger charge is 2.05. The Balaban J connectivity index is 0.00000280. The first-order valence-corrected chi connectivity index (χ1v) is 9.05. The number of imidazole rings is 1. The third-order valence-electron chi connectivity index (χ3n) is 4.09. The maximum Gasteiger partial charge on any atom is 0.191 e. The van der Waals surface area contributed by atoms with E-state index in [0.29, 0.717) is 19.0 Å². The van der Waals surface area contributed by atoms with E-state index in [1.807, 2.05) is 37.5 Å². The second-order valence-corrected chi connectivity index (χ2v) is 6.13. The van der Waals surface area contributed by atoms with Gasteiger partial charge in [0.15, 0.2) is 5.96 Å². The Kier molecular flexibility index (Phi) is 8.93. The summed E-state index contributed by atoms with van der Waals surface area (Å²) in [5, 5.41) is 6.54. The highest BCUT2D eigenvalue weighted by atomic mass is 127. The lowest BCUT2D eigenvalue weighted by Crippen LogP contribution is -2.37. The second kappa shape index (κ2) is 11.4. The van der Waals surface area contributed by atoms with Gasteiger partial charge in [0.1, 0.15) is 11.6 Å². The van der Waals surface area contributed by atoms with Gasteiger partial charge in [-0.05, 0) is 30.2 Å². The van der Waals surface area contributed by atoms with E-state index >= 15 is 0 Å². The quantitative estimate of drug-likeness (QED) is 0.298. The van der Waals surface area contributed by atoms with Crippen LogP contribution in [-0.2, 0) is 19.6 Å². The molecule has 0 aliphatic rings. The van der Waals surface area contributed by atoms with Gasteiger partial charge in [-0.25, -0.2) is 14.4 Å². The summed E-state index contributed by atoms with van der Waals surface area (Å²) in [6.07, 6.45) is 3.79. The topological polar surface area (TPSA) is 54.2 Å². The van der Waals surface area contributed by atoms with Crippen LogP contribution in [0.5, 0.6) is 0 Å². The van der Waals surface area contributed by atoms with E-state index in [0.717, 1.165) is 24.5 Å². The van der Waals surface area contributed by atoms with Gasteiger partial charge in [-0.3, -0.25) is 0 Å². The molecule has 3 rings (SSSR count). The minimum absolute atomic E-state index is 0. The minimum Gasteiger partial charge on any atom is -0.357 e. The third kappa shape index (κ3) is 6.63. The third-order valence-corrected chi connectivity index (χ3v) is 4.09. The molecule has 28 heavy (non-hydrogen) atoms. The number of aromatic nitrogens is 2. The number of guanidine groups is 1. The molecule has 0 bridgehead atoms. The van der Waals surface area contributed by atoms with Crippen LogP contribution in [-0.4, -0.2) is 22.1 Å². The number of nitrogens with zero attached hydrogens (tertiary/aromatic N) is 3. The van der Waals surface area contributed by atoms with Crippen molar-refractivity contribution in [3.63, 3.8) is 0 Å². The molecule has 2 N–H and O–H groups in total. The maximum absolute atomic E-state index is 13.0. The average Bonchev–Trinajstić information content (AvgIpc) is 3.13. The van der Waals surface area contributed by atoms with Crippen molar-refractivity contribution >= 4 is 29.9 Å². The van der Waals surface area contributed by atoms with Gasteiger partial charge in [-0.15, -0.1) is 24.0 Å². The van der Waals surface area contributed by atoms with Crippen molar-refractivity contribution in [3.8, 4) is 0 Å². The molecule has 1 aromatic heterocycles. The van der Waals surface area contributed by atoms with Crippen molar-refractivity contribution in [3.05, 3.63) is 89.8 Å². The monoisotopic (exact) mass is 493 g/mol. The summed E-state index contributed by atoms with van der Waals surface area (Å²) in [4.78, 5) is 9.01. The molecular weight excluding hydrogens is 468 g/mol. The molecule has 0 aliphatic heterocycles. The van der Waals surface area contributed by atoms with Crippen molar-refractivity contribution in [2.75, 3.05) is 6.54 Å². The molecule has 0 saturated heterocycles. The fraction of sp³-hybridized carbons (Fsp3) is 0.238. The van der Waals surface area contributed by atoms with Gasteiger partial charge < -0.3 is 15.2 Å². The highest BCUT2D eigenvalue weighted by Crippen LogP contribution is 2.06. The fourth-order valence-corrected chi connectivity index (χ4v) is 2.70. The SMILES string of the molecule is CCNC(=NCc1ccc(F)cc1)NCc1nccn1Cc1ccccc1.I. The molecule has 0 fully saturated rings. The standard InChI is InChI=1S/C21H24FN5.HI/c1-2-23-21(25-14-17-8-10-19(22)11-9-17)26-15-20-24-12-13-27(20)16-18-6-4-3-5-7-18;/h3-13H,2,14-16H2,1H3,(H2,23,25,26);1H. The largest absolute Gasteiger partial charge is 0.357 e. The number of nitrogens with one attached hydrogen (secondary N) is 2. The van der Waals surface area contributed by atoms with Crippen LogP contribution in [0, 0.1) is 5.82 Å². The van der Waals surface area contributed by atoms with Crippen LogP contribution in [0.1, 0.15) is 23.9 Å². The minimum atomic E-state index is -0.238. The van der Waals surface area contributed by atoms with E-state index in [-0.39, 0.29) is 29.8 Å². The van der Waals surface area contributed by atoms with Gasteiger partial charge in [0.05, 0.1) is 13.1 Å². The van der Waals surface area contributed by atoms with Crippen molar-refractivity contribution < 1.29 is 4.39 Å². The first-order valence-electron chi connectivity index (χ1n) is 9.05. The van der Waals surface area contributed by atoms with Crippen molar-refractivity contribution in [2.45, 2.75) is 26.6 Å². The zero-order valence-corrected chi connectivity index (χ0v) is 18.1. The molecule has 0 aliphatic carbocycles. The normalized spacial score (nSPS) is 11.0. The molecule has 0 radical (unpaired) electrons. The van der Waals surface area contributed by atoms with Crippen LogP contribution in [0.3, 0.4) is 0 Å². The zero-order valence-electron chi connectivity index (χ0n) is 15.8. The maximum atomic E-state index is 13.0. The summed E-state index contributed by atoms with van der Waals surface area (Å²) in [6, 6.07) is 16.7. The average molecular weight is 493 g/mol. The van der Waals surface area contributed by atoms with Gasteiger partial charge in [-0.2, -0.15) is 0 Å². The molecule has 0 unspecified atom stereocenters.